The summed E-state index contributed by atoms with van der Waals surface area (Å²) in [4.78, 5) is 30.1. The van der Waals surface area contributed by atoms with Crippen molar-refractivity contribution < 1.29 is 14.0 Å². The maximum absolute atomic E-state index is 12.2. The average Bonchev–Trinajstić information content (AvgIpc) is 2.94. The Morgan fingerprint density at radius 2 is 2.00 bits per heavy atom. The Morgan fingerprint density at radius 3 is 2.57 bits per heavy atom. The molecule has 2 rings (SSSR count). The second-order valence-corrected chi connectivity index (χ2v) is 6.89. The molecule has 7 nitrogen and oxygen atoms in total. The van der Waals surface area contributed by atoms with E-state index in [0.717, 1.165) is 12.8 Å². The van der Waals surface area contributed by atoms with E-state index in [1.54, 1.807) is 4.90 Å². The second-order valence-electron chi connectivity index (χ2n) is 6.89. The summed E-state index contributed by atoms with van der Waals surface area (Å²) < 4.78 is 5.19. The number of amides is 3. The molecule has 1 aliphatic rings. The summed E-state index contributed by atoms with van der Waals surface area (Å²) in [6, 6.07) is 0.00893. The molecule has 0 spiro atoms. The molecule has 1 fully saturated rings. The number of likely N-dealkylation sites (tertiary alicyclic amines) is 1. The van der Waals surface area contributed by atoms with Gasteiger partial charge in [-0.05, 0) is 33.6 Å². The van der Waals surface area contributed by atoms with Crippen molar-refractivity contribution in [2.24, 2.45) is 0 Å². The highest BCUT2D eigenvalue weighted by Gasteiger charge is 2.27. The van der Waals surface area contributed by atoms with E-state index in [9.17, 15) is 9.59 Å². The number of rotatable bonds is 3. The van der Waals surface area contributed by atoms with Crippen molar-refractivity contribution in [3.63, 3.8) is 0 Å². The molecule has 3 amide bonds. The molecule has 0 aromatic carbocycles. The van der Waals surface area contributed by atoms with Gasteiger partial charge in [0.15, 0.2) is 12.1 Å². The lowest BCUT2D eigenvalue weighted by Crippen LogP contribution is -2.53. The van der Waals surface area contributed by atoms with E-state index in [0.29, 0.717) is 31.0 Å². The molecule has 128 valence electrons. The molecule has 7 heteroatoms. The quantitative estimate of drug-likeness (QED) is 0.890. The van der Waals surface area contributed by atoms with Crippen molar-refractivity contribution in [3.05, 3.63) is 17.8 Å². The third-order valence-corrected chi connectivity index (χ3v) is 3.78. The molecule has 0 aliphatic carbocycles. The van der Waals surface area contributed by atoms with Gasteiger partial charge in [-0.15, -0.1) is 0 Å². The summed E-state index contributed by atoms with van der Waals surface area (Å²) >= 11 is 0. The van der Waals surface area contributed by atoms with Crippen LogP contribution >= 0.6 is 0 Å². The third-order valence-electron chi connectivity index (χ3n) is 3.78. The summed E-state index contributed by atoms with van der Waals surface area (Å²) in [5.74, 6) is 0.401. The molecule has 1 saturated heterocycles. The van der Waals surface area contributed by atoms with Gasteiger partial charge < -0.3 is 20.0 Å². The summed E-state index contributed by atoms with van der Waals surface area (Å²) in [7, 11) is 0. The Kier molecular flexibility index (Phi) is 5.28. The fraction of sp³-hybridized carbons (Fsp3) is 0.688. The van der Waals surface area contributed by atoms with Gasteiger partial charge >= 0.3 is 6.03 Å². The molecule has 0 saturated carbocycles. The first-order valence-corrected chi connectivity index (χ1v) is 8.10. The topological polar surface area (TPSA) is 87.5 Å². The Labute approximate surface area is 136 Å². The summed E-state index contributed by atoms with van der Waals surface area (Å²) in [6.07, 6.45) is 3.41. The first kappa shape index (κ1) is 17.3. The Hall–Kier alpha value is -2.05. The number of hydrogen-bond donors (Lipinski definition) is 2. The third kappa shape index (κ3) is 4.71. The van der Waals surface area contributed by atoms with Crippen LogP contribution in [0.1, 0.15) is 56.8 Å². The van der Waals surface area contributed by atoms with E-state index in [4.69, 9.17) is 4.42 Å². The fourth-order valence-electron chi connectivity index (χ4n) is 2.59. The summed E-state index contributed by atoms with van der Waals surface area (Å²) in [5.41, 5.74) is 0.117. The van der Waals surface area contributed by atoms with Gasteiger partial charge in [-0.25, -0.2) is 9.78 Å². The van der Waals surface area contributed by atoms with Crippen LogP contribution in [-0.4, -0.2) is 46.5 Å². The Morgan fingerprint density at radius 1 is 1.35 bits per heavy atom. The van der Waals surface area contributed by atoms with Gasteiger partial charge in [-0.2, -0.15) is 0 Å². The van der Waals surface area contributed by atoms with E-state index in [1.807, 2.05) is 27.7 Å². The number of nitrogens with one attached hydrogen (secondary N) is 2. The average molecular weight is 322 g/mol. The minimum absolute atomic E-state index is 0.0490. The van der Waals surface area contributed by atoms with Gasteiger partial charge in [-0.1, -0.05) is 6.92 Å². The standard InChI is InChI=1S/C16H26N4O3/c1-5-12-13(17-10-23-12)14(21)18-11-6-8-20(9-7-11)15(22)19-16(2,3)4/h10-11H,5-9H2,1-4H3,(H,18,21)(H,19,22). The fourth-order valence-corrected chi connectivity index (χ4v) is 2.59. The smallest absolute Gasteiger partial charge is 0.317 e. The number of carbonyl (C=O) groups is 2. The van der Waals surface area contributed by atoms with Crippen molar-refractivity contribution in [2.45, 2.75) is 58.5 Å². The van der Waals surface area contributed by atoms with E-state index in [1.165, 1.54) is 6.39 Å². The van der Waals surface area contributed by atoms with E-state index in [2.05, 4.69) is 15.6 Å². The van der Waals surface area contributed by atoms with Crippen molar-refractivity contribution in [2.75, 3.05) is 13.1 Å². The van der Waals surface area contributed by atoms with E-state index >= 15 is 0 Å². The van der Waals surface area contributed by atoms with Gasteiger partial charge in [0.1, 0.15) is 5.76 Å². The number of aromatic nitrogens is 1. The predicted octanol–water partition coefficient (Wildman–Crippen LogP) is 1.94. The van der Waals surface area contributed by atoms with Crippen molar-refractivity contribution in [1.82, 2.24) is 20.5 Å². The van der Waals surface area contributed by atoms with Crippen molar-refractivity contribution in [3.8, 4) is 0 Å². The zero-order valence-corrected chi connectivity index (χ0v) is 14.3. The second kappa shape index (κ2) is 7.02. The summed E-state index contributed by atoms with van der Waals surface area (Å²) in [5, 5.41) is 5.94. The first-order valence-electron chi connectivity index (χ1n) is 8.10. The van der Waals surface area contributed by atoms with Gasteiger partial charge in [0.2, 0.25) is 0 Å². The first-order chi connectivity index (χ1) is 10.8. The highest BCUT2D eigenvalue weighted by molar-refractivity contribution is 5.93. The van der Waals surface area contributed by atoms with Gasteiger partial charge in [-0.3, -0.25) is 4.79 Å². The van der Waals surface area contributed by atoms with Crippen LogP contribution in [0.5, 0.6) is 0 Å². The molecule has 0 unspecified atom stereocenters. The minimum atomic E-state index is -0.244. The highest BCUT2D eigenvalue weighted by atomic mass is 16.3. The monoisotopic (exact) mass is 322 g/mol. The lowest BCUT2D eigenvalue weighted by molar-refractivity contribution is 0.0911. The number of carbonyl (C=O) groups excluding carboxylic acids is 2. The summed E-state index contributed by atoms with van der Waals surface area (Å²) in [6.45, 7) is 9.06. The molecule has 2 N–H and O–H groups in total. The molecule has 1 aromatic heterocycles. The number of oxazole rings is 1. The molecule has 2 heterocycles. The molecule has 23 heavy (non-hydrogen) atoms. The lowest BCUT2D eigenvalue weighted by Gasteiger charge is -2.34. The lowest BCUT2D eigenvalue weighted by atomic mass is 10.0. The largest absolute Gasteiger partial charge is 0.448 e. The molecule has 1 aliphatic heterocycles. The number of aryl methyl sites for hydroxylation is 1. The number of piperidine rings is 1. The van der Waals surface area contributed by atoms with Crippen LogP contribution in [0.15, 0.2) is 10.8 Å². The molecular formula is C16H26N4O3. The van der Waals surface area contributed by atoms with Crippen LogP contribution in [0.2, 0.25) is 0 Å². The zero-order valence-electron chi connectivity index (χ0n) is 14.3. The van der Waals surface area contributed by atoms with E-state index in [-0.39, 0.29) is 23.5 Å². The normalized spacial score (nSPS) is 16.3. The highest BCUT2D eigenvalue weighted by Crippen LogP contribution is 2.14. The SMILES string of the molecule is CCc1ocnc1C(=O)NC1CCN(C(=O)NC(C)(C)C)CC1. The molecule has 0 atom stereocenters. The van der Waals surface area contributed by atoms with Crippen LogP contribution in [-0.2, 0) is 6.42 Å². The Bertz CT molecular complexity index is 554. The van der Waals surface area contributed by atoms with Crippen LogP contribution in [0, 0.1) is 0 Å². The molecule has 0 bridgehead atoms. The van der Waals surface area contributed by atoms with Gasteiger partial charge in [0, 0.05) is 31.1 Å². The van der Waals surface area contributed by atoms with E-state index < -0.39 is 0 Å². The zero-order chi connectivity index (χ0) is 17.0. The van der Waals surface area contributed by atoms with Crippen LogP contribution in [0.4, 0.5) is 4.79 Å². The van der Waals surface area contributed by atoms with Crippen LogP contribution in [0.3, 0.4) is 0 Å². The number of hydrogen-bond acceptors (Lipinski definition) is 4. The molecular weight excluding hydrogens is 296 g/mol. The van der Waals surface area contributed by atoms with Crippen molar-refractivity contribution in [1.29, 1.82) is 0 Å². The molecule has 1 aromatic rings. The van der Waals surface area contributed by atoms with Crippen molar-refractivity contribution >= 4 is 11.9 Å². The predicted molar refractivity (Wildman–Crippen MR) is 86.2 cm³/mol. The minimum Gasteiger partial charge on any atom is -0.448 e. The van der Waals surface area contributed by atoms with Gasteiger partial charge in [0.25, 0.3) is 5.91 Å². The maximum atomic E-state index is 12.2. The number of urea groups is 1. The Balaban J connectivity index is 1.83. The number of nitrogens with zero attached hydrogens (tertiary/aromatic N) is 2. The van der Waals surface area contributed by atoms with Gasteiger partial charge in [0.05, 0.1) is 0 Å². The maximum Gasteiger partial charge on any atom is 0.317 e. The van der Waals surface area contributed by atoms with Crippen LogP contribution < -0.4 is 10.6 Å². The van der Waals surface area contributed by atoms with Crippen LogP contribution in [0.25, 0.3) is 0 Å². The molecule has 0 radical (unpaired) electrons.